The minimum Gasteiger partial charge on any atom is -0.478 e. The summed E-state index contributed by atoms with van der Waals surface area (Å²) in [5, 5.41) is 17.7. The van der Waals surface area contributed by atoms with Gasteiger partial charge in [-0.1, -0.05) is 28.1 Å². The number of hydrogen-bond donors (Lipinski definition) is 2. The van der Waals surface area contributed by atoms with E-state index in [4.69, 9.17) is 10.2 Å². The third-order valence-electron chi connectivity index (χ3n) is 2.36. The molecule has 0 heterocycles. The van der Waals surface area contributed by atoms with Crippen molar-refractivity contribution in [1.29, 1.82) is 0 Å². The molecule has 5 nitrogen and oxygen atoms in total. The Kier molecular flexibility index (Phi) is 5.00. The standard InChI is InChI=1S/C13H11BrO5/c1-7(14)12(17)9-3-2-4-10(13(18)19)8(9)5-6-11(15)16/h2-7H,1H3,(H,15,16)(H,18,19). The lowest BCUT2D eigenvalue weighted by molar-refractivity contribution is -0.131. The van der Waals surface area contributed by atoms with Gasteiger partial charge < -0.3 is 10.2 Å². The number of carbonyl (C=O) groups excluding carboxylic acids is 1. The molecule has 0 aliphatic rings. The van der Waals surface area contributed by atoms with Gasteiger partial charge >= 0.3 is 11.9 Å². The Morgan fingerprint density at radius 3 is 2.26 bits per heavy atom. The summed E-state index contributed by atoms with van der Waals surface area (Å²) in [6, 6.07) is 4.23. The van der Waals surface area contributed by atoms with Crippen LogP contribution in [0.3, 0.4) is 0 Å². The molecule has 19 heavy (non-hydrogen) atoms. The van der Waals surface area contributed by atoms with Crippen LogP contribution in [0.15, 0.2) is 24.3 Å². The van der Waals surface area contributed by atoms with Crippen LogP contribution in [-0.2, 0) is 4.79 Å². The molecular formula is C13H11BrO5. The molecule has 0 radical (unpaired) electrons. The first-order valence-corrected chi connectivity index (χ1v) is 6.21. The van der Waals surface area contributed by atoms with E-state index >= 15 is 0 Å². The molecule has 0 fully saturated rings. The number of halogens is 1. The zero-order valence-electron chi connectivity index (χ0n) is 9.96. The molecule has 0 aliphatic carbocycles. The van der Waals surface area contributed by atoms with Gasteiger partial charge in [-0.2, -0.15) is 0 Å². The molecule has 0 aliphatic heterocycles. The van der Waals surface area contributed by atoms with E-state index in [1.54, 1.807) is 6.92 Å². The first kappa shape index (κ1) is 15.1. The van der Waals surface area contributed by atoms with Crippen molar-refractivity contribution in [3.05, 3.63) is 41.0 Å². The molecule has 6 heteroatoms. The SMILES string of the molecule is CC(Br)C(=O)c1cccc(C(=O)O)c1C=CC(=O)O. The predicted molar refractivity (Wildman–Crippen MR) is 72.8 cm³/mol. The van der Waals surface area contributed by atoms with Gasteiger partial charge in [0.2, 0.25) is 0 Å². The second-order valence-electron chi connectivity index (χ2n) is 3.72. The Labute approximate surface area is 117 Å². The normalized spacial score (nSPS) is 12.3. The van der Waals surface area contributed by atoms with Crippen molar-refractivity contribution in [2.45, 2.75) is 11.8 Å². The maximum absolute atomic E-state index is 12.0. The van der Waals surface area contributed by atoms with Gasteiger partial charge in [-0.05, 0) is 19.1 Å². The number of ketones is 1. The number of aliphatic carboxylic acids is 1. The van der Waals surface area contributed by atoms with Gasteiger partial charge in [-0.15, -0.1) is 0 Å². The van der Waals surface area contributed by atoms with Gasteiger partial charge in [-0.25, -0.2) is 9.59 Å². The molecule has 0 aromatic heterocycles. The van der Waals surface area contributed by atoms with Crippen molar-refractivity contribution < 1.29 is 24.6 Å². The van der Waals surface area contributed by atoms with E-state index in [-0.39, 0.29) is 22.5 Å². The average Bonchev–Trinajstić information content (AvgIpc) is 2.34. The fraction of sp³-hybridized carbons (Fsp3) is 0.154. The predicted octanol–water partition coefficient (Wildman–Crippen LogP) is 2.45. The number of carbonyl (C=O) groups is 3. The highest BCUT2D eigenvalue weighted by Crippen LogP contribution is 2.20. The third kappa shape index (κ3) is 3.75. The summed E-state index contributed by atoms with van der Waals surface area (Å²) in [6.45, 7) is 1.61. The van der Waals surface area contributed by atoms with Crippen molar-refractivity contribution in [1.82, 2.24) is 0 Å². The van der Waals surface area contributed by atoms with Gasteiger partial charge in [0.1, 0.15) is 0 Å². The lowest BCUT2D eigenvalue weighted by Gasteiger charge is -2.09. The maximum atomic E-state index is 12.0. The molecule has 0 amide bonds. The third-order valence-corrected chi connectivity index (χ3v) is 2.77. The highest BCUT2D eigenvalue weighted by atomic mass is 79.9. The molecule has 1 rings (SSSR count). The quantitative estimate of drug-likeness (QED) is 0.492. The zero-order valence-corrected chi connectivity index (χ0v) is 11.5. The molecule has 100 valence electrons. The maximum Gasteiger partial charge on any atom is 0.336 e. The van der Waals surface area contributed by atoms with Gasteiger partial charge in [0.15, 0.2) is 5.78 Å². The number of alkyl halides is 1. The van der Waals surface area contributed by atoms with E-state index in [9.17, 15) is 14.4 Å². The van der Waals surface area contributed by atoms with Crippen LogP contribution >= 0.6 is 15.9 Å². The summed E-state index contributed by atoms with van der Waals surface area (Å²) in [5.74, 6) is -2.75. The van der Waals surface area contributed by atoms with E-state index in [2.05, 4.69) is 15.9 Å². The van der Waals surface area contributed by atoms with E-state index in [0.29, 0.717) is 0 Å². The van der Waals surface area contributed by atoms with Crippen LogP contribution in [0.1, 0.15) is 33.2 Å². The van der Waals surface area contributed by atoms with Gasteiger partial charge in [0.25, 0.3) is 0 Å². The number of Topliss-reactive ketones (excluding diaryl/α,β-unsaturated/α-hetero) is 1. The molecular weight excluding hydrogens is 316 g/mol. The van der Waals surface area contributed by atoms with E-state index in [1.807, 2.05) is 0 Å². The molecule has 0 saturated carbocycles. The van der Waals surface area contributed by atoms with Crippen molar-refractivity contribution in [2.75, 3.05) is 0 Å². The Bertz CT molecular complexity index is 560. The monoisotopic (exact) mass is 326 g/mol. The van der Waals surface area contributed by atoms with Crippen LogP contribution in [0.25, 0.3) is 6.08 Å². The number of benzene rings is 1. The smallest absolute Gasteiger partial charge is 0.336 e. The zero-order chi connectivity index (χ0) is 14.6. The molecule has 0 spiro atoms. The van der Waals surface area contributed by atoms with E-state index in [1.165, 1.54) is 18.2 Å². The van der Waals surface area contributed by atoms with Crippen LogP contribution in [0.4, 0.5) is 0 Å². The second-order valence-corrected chi connectivity index (χ2v) is 5.10. The topological polar surface area (TPSA) is 91.7 Å². The largest absolute Gasteiger partial charge is 0.478 e. The van der Waals surface area contributed by atoms with Crippen molar-refractivity contribution in [2.24, 2.45) is 0 Å². The fourth-order valence-corrected chi connectivity index (χ4v) is 1.76. The molecule has 2 N–H and O–H groups in total. The van der Waals surface area contributed by atoms with Crippen molar-refractivity contribution >= 4 is 39.7 Å². The summed E-state index contributed by atoms with van der Waals surface area (Å²) in [6.07, 6.45) is 1.92. The van der Waals surface area contributed by atoms with Crippen LogP contribution in [0.2, 0.25) is 0 Å². The Balaban J connectivity index is 3.46. The summed E-state index contributed by atoms with van der Waals surface area (Å²) in [4.78, 5) is 33.1. The van der Waals surface area contributed by atoms with Crippen molar-refractivity contribution in [3.8, 4) is 0 Å². The minimum absolute atomic E-state index is 0.0914. The number of carboxylic acid groups (broad SMARTS) is 2. The number of carboxylic acids is 2. The molecule has 1 atom stereocenters. The van der Waals surface area contributed by atoms with Gasteiger partial charge in [-0.3, -0.25) is 4.79 Å². The number of rotatable bonds is 5. The highest BCUT2D eigenvalue weighted by Gasteiger charge is 2.19. The Morgan fingerprint density at radius 1 is 1.21 bits per heavy atom. The lowest BCUT2D eigenvalue weighted by atomic mass is 9.96. The molecule has 0 bridgehead atoms. The number of aromatic carboxylic acids is 1. The molecule has 1 aromatic rings. The second kappa shape index (κ2) is 6.29. The van der Waals surface area contributed by atoms with Gasteiger partial charge in [0.05, 0.1) is 10.4 Å². The first-order valence-electron chi connectivity index (χ1n) is 5.30. The first-order chi connectivity index (χ1) is 8.84. The summed E-state index contributed by atoms with van der Waals surface area (Å²) < 4.78 is 0. The van der Waals surface area contributed by atoms with E-state index < -0.39 is 16.8 Å². The molecule has 0 saturated heterocycles. The van der Waals surface area contributed by atoms with E-state index in [0.717, 1.165) is 12.2 Å². The fourth-order valence-electron chi connectivity index (χ4n) is 1.52. The van der Waals surface area contributed by atoms with Gasteiger partial charge in [0, 0.05) is 17.2 Å². The Hall–Kier alpha value is -1.95. The highest BCUT2D eigenvalue weighted by molar-refractivity contribution is 9.10. The molecule has 1 aromatic carbocycles. The van der Waals surface area contributed by atoms with Crippen LogP contribution in [0, 0.1) is 0 Å². The van der Waals surface area contributed by atoms with Crippen molar-refractivity contribution in [3.63, 3.8) is 0 Å². The number of hydrogen-bond acceptors (Lipinski definition) is 3. The van der Waals surface area contributed by atoms with Crippen LogP contribution in [0.5, 0.6) is 0 Å². The lowest BCUT2D eigenvalue weighted by Crippen LogP contribution is -2.14. The summed E-state index contributed by atoms with van der Waals surface area (Å²) in [7, 11) is 0. The van der Waals surface area contributed by atoms with Crippen LogP contribution in [-0.4, -0.2) is 32.8 Å². The summed E-state index contributed by atoms with van der Waals surface area (Å²) >= 11 is 3.11. The molecule has 1 unspecified atom stereocenters. The summed E-state index contributed by atoms with van der Waals surface area (Å²) in [5.41, 5.74) is 0.145. The minimum atomic E-state index is -1.22. The Morgan fingerprint density at radius 2 is 1.79 bits per heavy atom. The van der Waals surface area contributed by atoms with Crippen LogP contribution < -0.4 is 0 Å². The average molecular weight is 327 g/mol.